The molecule has 2 heterocycles. The van der Waals surface area contributed by atoms with E-state index in [0.717, 1.165) is 24.6 Å². The molecule has 122 valence electrons. The number of aromatic nitrogens is 4. The number of hydrogen-bond acceptors (Lipinski definition) is 4. The zero-order valence-corrected chi connectivity index (χ0v) is 13.8. The van der Waals surface area contributed by atoms with Gasteiger partial charge in [-0.15, -0.1) is 0 Å². The van der Waals surface area contributed by atoms with Gasteiger partial charge >= 0.3 is 0 Å². The van der Waals surface area contributed by atoms with Crippen molar-refractivity contribution < 1.29 is 4.79 Å². The maximum absolute atomic E-state index is 12.3. The van der Waals surface area contributed by atoms with Gasteiger partial charge in [0.1, 0.15) is 0 Å². The minimum Gasteiger partial charge on any atom is -0.267 e. The number of carbonyl (C=O) groups is 1. The van der Waals surface area contributed by atoms with Gasteiger partial charge in [0.05, 0.1) is 0 Å². The number of nitrogens with zero attached hydrogens (tertiary/aromatic N) is 3. The molecule has 1 fully saturated rings. The zero-order valence-electron chi connectivity index (χ0n) is 13.0. The molecule has 2 N–H and O–H groups in total. The van der Waals surface area contributed by atoms with E-state index in [9.17, 15) is 4.79 Å². The van der Waals surface area contributed by atoms with E-state index in [1.165, 1.54) is 32.1 Å². The quantitative estimate of drug-likeness (QED) is 0.825. The minimum absolute atomic E-state index is 0.219. The van der Waals surface area contributed by atoms with E-state index in [-0.39, 0.29) is 5.91 Å². The second kappa shape index (κ2) is 7.50. The third-order valence-corrected chi connectivity index (χ3v) is 4.67. The SMILES string of the molecule is O=C(Nn1c(CCC2CCCCC2)n[nH]c1=S)c1ccncc1. The Labute approximate surface area is 140 Å². The van der Waals surface area contributed by atoms with E-state index in [4.69, 9.17) is 12.2 Å². The Balaban J connectivity index is 1.66. The van der Waals surface area contributed by atoms with Crippen LogP contribution in [0.4, 0.5) is 0 Å². The standard InChI is InChI=1S/C16H21N5OS/c22-15(13-8-10-17-11-9-13)20-21-14(18-19-16(21)23)7-6-12-4-2-1-3-5-12/h8-12H,1-7H2,(H,19,23)(H,20,22). The fourth-order valence-electron chi connectivity index (χ4n) is 3.09. The lowest BCUT2D eigenvalue weighted by Crippen LogP contribution is -2.25. The van der Waals surface area contributed by atoms with Crippen LogP contribution in [0.15, 0.2) is 24.5 Å². The van der Waals surface area contributed by atoms with Gasteiger partial charge in [0.2, 0.25) is 4.77 Å². The van der Waals surface area contributed by atoms with Gasteiger partial charge in [-0.1, -0.05) is 32.1 Å². The molecule has 0 aliphatic heterocycles. The summed E-state index contributed by atoms with van der Waals surface area (Å²) < 4.78 is 1.99. The van der Waals surface area contributed by atoms with Crippen LogP contribution in [-0.2, 0) is 6.42 Å². The Hall–Kier alpha value is -2.02. The molecule has 0 aromatic carbocycles. The van der Waals surface area contributed by atoms with Crippen molar-refractivity contribution in [3.05, 3.63) is 40.7 Å². The second-order valence-corrected chi connectivity index (χ2v) is 6.39. The van der Waals surface area contributed by atoms with E-state index in [2.05, 4.69) is 20.6 Å². The summed E-state index contributed by atoms with van der Waals surface area (Å²) in [5.41, 5.74) is 3.36. The molecular formula is C16H21N5OS. The number of nitrogens with one attached hydrogen (secondary N) is 2. The van der Waals surface area contributed by atoms with E-state index in [1.807, 2.05) is 0 Å². The van der Waals surface area contributed by atoms with Crippen molar-refractivity contribution in [1.82, 2.24) is 19.9 Å². The highest BCUT2D eigenvalue weighted by Gasteiger charge is 2.16. The first-order valence-corrected chi connectivity index (χ1v) is 8.52. The van der Waals surface area contributed by atoms with Crippen LogP contribution >= 0.6 is 12.2 Å². The summed E-state index contributed by atoms with van der Waals surface area (Å²) in [5.74, 6) is 1.32. The topological polar surface area (TPSA) is 75.6 Å². The van der Waals surface area contributed by atoms with Gasteiger partial charge < -0.3 is 0 Å². The van der Waals surface area contributed by atoms with Gasteiger partial charge in [-0.3, -0.25) is 20.3 Å². The molecule has 2 aromatic rings. The van der Waals surface area contributed by atoms with E-state index in [1.54, 1.807) is 29.2 Å². The molecule has 1 saturated carbocycles. The fourth-order valence-corrected chi connectivity index (χ4v) is 3.29. The van der Waals surface area contributed by atoms with Crippen LogP contribution in [0.5, 0.6) is 0 Å². The molecule has 0 saturated heterocycles. The number of amides is 1. The van der Waals surface area contributed by atoms with Crippen molar-refractivity contribution in [2.24, 2.45) is 5.92 Å². The Kier molecular flexibility index (Phi) is 5.17. The van der Waals surface area contributed by atoms with Gasteiger partial charge in [0, 0.05) is 24.4 Å². The molecule has 23 heavy (non-hydrogen) atoms. The lowest BCUT2D eigenvalue weighted by atomic mass is 9.86. The molecule has 0 bridgehead atoms. The molecule has 2 aromatic heterocycles. The van der Waals surface area contributed by atoms with Crippen LogP contribution in [0.2, 0.25) is 0 Å². The third-order valence-electron chi connectivity index (χ3n) is 4.40. The summed E-state index contributed by atoms with van der Waals surface area (Å²) >= 11 is 5.23. The average Bonchev–Trinajstić information content (AvgIpc) is 2.95. The number of aromatic amines is 1. The van der Waals surface area contributed by atoms with Gasteiger partial charge in [-0.2, -0.15) is 5.10 Å². The summed E-state index contributed by atoms with van der Waals surface area (Å²) in [6.45, 7) is 0. The van der Waals surface area contributed by atoms with Crippen LogP contribution in [-0.4, -0.2) is 25.8 Å². The molecule has 6 nitrogen and oxygen atoms in total. The largest absolute Gasteiger partial charge is 0.270 e. The van der Waals surface area contributed by atoms with Gasteiger partial charge in [-0.25, -0.2) is 4.68 Å². The molecule has 1 amide bonds. The monoisotopic (exact) mass is 331 g/mol. The summed E-state index contributed by atoms with van der Waals surface area (Å²) in [6.07, 6.45) is 11.7. The van der Waals surface area contributed by atoms with Crippen molar-refractivity contribution in [2.75, 3.05) is 5.43 Å². The predicted octanol–water partition coefficient (Wildman–Crippen LogP) is 3.23. The lowest BCUT2D eigenvalue weighted by Gasteiger charge is -2.21. The van der Waals surface area contributed by atoms with Crippen LogP contribution in [0.1, 0.15) is 54.7 Å². The first-order valence-electron chi connectivity index (χ1n) is 8.11. The van der Waals surface area contributed by atoms with Crippen molar-refractivity contribution >= 4 is 18.1 Å². The van der Waals surface area contributed by atoms with Crippen LogP contribution in [0.25, 0.3) is 0 Å². The maximum atomic E-state index is 12.3. The Morgan fingerprint density at radius 2 is 2.04 bits per heavy atom. The molecule has 1 aliphatic carbocycles. The first-order chi connectivity index (χ1) is 11.2. The summed E-state index contributed by atoms with van der Waals surface area (Å²) in [4.78, 5) is 16.2. The summed E-state index contributed by atoms with van der Waals surface area (Å²) in [7, 11) is 0. The Morgan fingerprint density at radius 1 is 1.30 bits per heavy atom. The lowest BCUT2D eigenvalue weighted by molar-refractivity contribution is 0.101. The van der Waals surface area contributed by atoms with Crippen LogP contribution < -0.4 is 5.43 Å². The second-order valence-electron chi connectivity index (χ2n) is 6.00. The zero-order chi connectivity index (χ0) is 16.1. The Bertz CT molecular complexity index is 703. The number of pyridine rings is 1. The first kappa shape index (κ1) is 15.9. The molecule has 0 spiro atoms. The molecule has 7 heteroatoms. The van der Waals surface area contributed by atoms with Crippen LogP contribution in [0, 0.1) is 10.7 Å². The molecule has 0 atom stereocenters. The van der Waals surface area contributed by atoms with Crippen molar-refractivity contribution in [1.29, 1.82) is 0 Å². The minimum atomic E-state index is -0.219. The summed E-state index contributed by atoms with van der Waals surface area (Å²) in [5, 5.41) is 7.04. The highest BCUT2D eigenvalue weighted by molar-refractivity contribution is 7.71. The van der Waals surface area contributed by atoms with Crippen molar-refractivity contribution in [3.63, 3.8) is 0 Å². The molecular weight excluding hydrogens is 310 g/mol. The number of carbonyl (C=O) groups excluding carboxylic acids is 1. The van der Waals surface area contributed by atoms with Gasteiger partial charge in [0.15, 0.2) is 5.82 Å². The van der Waals surface area contributed by atoms with Crippen molar-refractivity contribution in [2.45, 2.75) is 44.9 Å². The summed E-state index contributed by atoms with van der Waals surface area (Å²) in [6, 6.07) is 3.33. The predicted molar refractivity (Wildman–Crippen MR) is 90.2 cm³/mol. The number of aryl methyl sites for hydroxylation is 1. The van der Waals surface area contributed by atoms with E-state index >= 15 is 0 Å². The van der Waals surface area contributed by atoms with Crippen molar-refractivity contribution in [3.8, 4) is 0 Å². The van der Waals surface area contributed by atoms with Gasteiger partial charge in [0.25, 0.3) is 5.91 Å². The van der Waals surface area contributed by atoms with Crippen LogP contribution in [0.3, 0.4) is 0 Å². The normalized spacial score (nSPS) is 15.5. The number of rotatable bonds is 5. The highest BCUT2D eigenvalue weighted by atomic mass is 32.1. The third kappa shape index (κ3) is 4.04. The fraction of sp³-hybridized carbons (Fsp3) is 0.500. The van der Waals surface area contributed by atoms with E-state index in [0.29, 0.717) is 10.3 Å². The average molecular weight is 331 g/mol. The molecule has 0 unspecified atom stereocenters. The Morgan fingerprint density at radius 3 is 2.78 bits per heavy atom. The van der Waals surface area contributed by atoms with E-state index < -0.39 is 0 Å². The molecule has 3 rings (SSSR count). The molecule has 0 radical (unpaired) electrons. The highest BCUT2D eigenvalue weighted by Crippen LogP contribution is 2.27. The number of H-pyrrole nitrogens is 1. The van der Waals surface area contributed by atoms with Gasteiger partial charge in [-0.05, 0) is 36.7 Å². The maximum Gasteiger partial charge on any atom is 0.270 e. The number of hydrogen-bond donors (Lipinski definition) is 2. The molecule has 1 aliphatic rings. The smallest absolute Gasteiger partial charge is 0.267 e.